The van der Waals surface area contributed by atoms with Gasteiger partial charge in [-0.15, -0.1) is 0 Å². The van der Waals surface area contributed by atoms with Crippen LogP contribution in [0.4, 0.5) is 0 Å². The summed E-state index contributed by atoms with van der Waals surface area (Å²) in [6.45, 7) is 1.44. The molecular formula is C15H32O9S2. The smallest absolute Gasteiger partial charge is 0.379 e. The Bertz CT molecular complexity index is 531. The first-order valence-electron chi connectivity index (χ1n) is 8.99. The van der Waals surface area contributed by atoms with E-state index in [2.05, 4.69) is 15.3 Å². The molecule has 0 aromatic heterocycles. The normalized spacial score (nSPS) is 13.8. The van der Waals surface area contributed by atoms with Crippen LogP contribution in [0.5, 0.6) is 0 Å². The third-order valence-corrected chi connectivity index (χ3v) is 4.56. The summed E-state index contributed by atoms with van der Waals surface area (Å²) in [4.78, 5) is 0. The molecule has 0 aliphatic heterocycles. The molecule has 0 spiro atoms. The Kier molecular flexibility index (Phi) is 14.6. The molecular weight excluding hydrogens is 388 g/mol. The average Bonchev–Trinajstić information content (AvgIpc) is 2.51. The molecule has 0 aliphatic carbocycles. The molecule has 0 aromatic carbocycles. The van der Waals surface area contributed by atoms with Crippen molar-refractivity contribution in [3.8, 4) is 0 Å². The molecule has 0 radical (unpaired) electrons. The van der Waals surface area contributed by atoms with Crippen molar-refractivity contribution in [2.45, 2.75) is 77.2 Å². The van der Waals surface area contributed by atoms with Gasteiger partial charge in [0.2, 0.25) is 0 Å². The lowest BCUT2D eigenvalue weighted by molar-refractivity contribution is 0.0211. The van der Waals surface area contributed by atoms with Crippen LogP contribution in [0, 0.1) is 0 Å². The number of rotatable bonds is 18. The third kappa shape index (κ3) is 20.0. The lowest BCUT2D eigenvalue weighted by Gasteiger charge is -2.14. The Labute approximate surface area is 157 Å². The first-order chi connectivity index (χ1) is 12.1. The second kappa shape index (κ2) is 14.7. The maximum absolute atomic E-state index is 10.7. The monoisotopic (exact) mass is 420 g/mol. The van der Waals surface area contributed by atoms with Crippen LogP contribution in [-0.2, 0) is 33.9 Å². The number of unbranched alkanes of at least 4 members (excludes halogenated alkanes) is 9. The van der Waals surface area contributed by atoms with Crippen LogP contribution in [0.1, 0.15) is 71.1 Å². The fraction of sp³-hybridized carbons (Fsp3) is 1.00. The zero-order valence-corrected chi connectivity index (χ0v) is 17.0. The van der Waals surface area contributed by atoms with E-state index in [9.17, 15) is 16.8 Å². The third-order valence-electron chi connectivity index (χ3n) is 3.61. The van der Waals surface area contributed by atoms with Gasteiger partial charge < -0.3 is 4.74 Å². The Hall–Kier alpha value is -0.300. The minimum atomic E-state index is -4.79. The summed E-state index contributed by atoms with van der Waals surface area (Å²) in [6.07, 6.45) is 10.3. The molecule has 2 N–H and O–H groups in total. The van der Waals surface area contributed by atoms with Gasteiger partial charge in [-0.25, -0.2) is 8.37 Å². The van der Waals surface area contributed by atoms with Gasteiger partial charge in [0.15, 0.2) is 0 Å². The van der Waals surface area contributed by atoms with Gasteiger partial charge in [-0.3, -0.25) is 9.11 Å². The fourth-order valence-electron chi connectivity index (χ4n) is 2.34. The summed E-state index contributed by atoms with van der Waals surface area (Å²) in [5.74, 6) is 0. The topological polar surface area (TPSA) is 136 Å². The number of ether oxygens (including phenoxy) is 1. The SMILES string of the molecule is CCCCCCCCCCCCOCC(COS(=O)(=O)O)OS(=O)(=O)O. The van der Waals surface area contributed by atoms with Crippen LogP contribution < -0.4 is 0 Å². The van der Waals surface area contributed by atoms with Crippen LogP contribution in [0.15, 0.2) is 0 Å². The largest absolute Gasteiger partial charge is 0.397 e. The quantitative estimate of drug-likeness (QED) is 0.253. The van der Waals surface area contributed by atoms with E-state index in [1.54, 1.807) is 0 Å². The van der Waals surface area contributed by atoms with Crippen molar-refractivity contribution in [1.29, 1.82) is 0 Å². The minimum absolute atomic E-state index is 0.299. The highest BCUT2D eigenvalue weighted by molar-refractivity contribution is 7.81. The first-order valence-corrected chi connectivity index (χ1v) is 11.7. The van der Waals surface area contributed by atoms with E-state index in [1.807, 2.05) is 0 Å². The summed E-state index contributed by atoms with van der Waals surface area (Å²) in [6, 6.07) is 0. The van der Waals surface area contributed by atoms with Crippen LogP contribution in [0.25, 0.3) is 0 Å². The van der Waals surface area contributed by atoms with Gasteiger partial charge in [0, 0.05) is 6.61 Å². The molecule has 0 bridgehead atoms. The summed E-state index contributed by atoms with van der Waals surface area (Å²) >= 11 is 0. The van der Waals surface area contributed by atoms with Gasteiger partial charge in [-0.1, -0.05) is 64.7 Å². The van der Waals surface area contributed by atoms with Crippen molar-refractivity contribution >= 4 is 20.8 Å². The van der Waals surface area contributed by atoms with Crippen LogP contribution in [0.3, 0.4) is 0 Å². The molecule has 0 amide bonds. The lowest BCUT2D eigenvalue weighted by Crippen LogP contribution is -2.29. The maximum atomic E-state index is 10.7. The Morgan fingerprint density at radius 2 is 1.23 bits per heavy atom. The van der Waals surface area contributed by atoms with Crippen LogP contribution in [-0.4, -0.2) is 51.9 Å². The summed E-state index contributed by atoms with van der Waals surface area (Å²) < 4.78 is 73.0. The second-order valence-electron chi connectivity index (χ2n) is 6.12. The second-order valence-corrected chi connectivity index (χ2v) is 8.25. The number of hydrogen-bond donors (Lipinski definition) is 2. The molecule has 1 unspecified atom stereocenters. The highest BCUT2D eigenvalue weighted by Gasteiger charge is 2.20. The van der Waals surface area contributed by atoms with E-state index < -0.39 is 33.5 Å². The van der Waals surface area contributed by atoms with Gasteiger partial charge in [0.1, 0.15) is 6.10 Å². The van der Waals surface area contributed by atoms with Gasteiger partial charge in [0.25, 0.3) is 0 Å². The highest BCUT2D eigenvalue weighted by Crippen LogP contribution is 2.10. The Morgan fingerprint density at radius 3 is 1.69 bits per heavy atom. The van der Waals surface area contributed by atoms with E-state index in [0.29, 0.717) is 6.61 Å². The van der Waals surface area contributed by atoms with Crippen molar-refractivity contribution in [1.82, 2.24) is 0 Å². The summed E-state index contributed by atoms with van der Waals surface area (Å²) in [7, 11) is -9.54. The van der Waals surface area contributed by atoms with Crippen molar-refractivity contribution in [3.63, 3.8) is 0 Å². The minimum Gasteiger partial charge on any atom is -0.379 e. The molecule has 0 aromatic rings. The standard InChI is InChI=1S/C15H32O9S2/c1-2-3-4-5-6-7-8-9-10-11-12-22-13-15(24-26(19,20)21)14-23-25(16,17)18/h15H,2-14H2,1H3,(H,16,17,18)(H,19,20,21). The van der Waals surface area contributed by atoms with Gasteiger partial charge in [0.05, 0.1) is 13.2 Å². The van der Waals surface area contributed by atoms with Crippen LogP contribution >= 0.6 is 0 Å². The molecule has 0 fully saturated rings. The Balaban J connectivity index is 3.75. The molecule has 0 saturated carbocycles. The van der Waals surface area contributed by atoms with Crippen molar-refractivity contribution in [2.24, 2.45) is 0 Å². The molecule has 0 saturated heterocycles. The first kappa shape index (κ1) is 25.7. The van der Waals surface area contributed by atoms with E-state index in [0.717, 1.165) is 19.3 Å². The van der Waals surface area contributed by atoms with Crippen molar-refractivity contribution in [3.05, 3.63) is 0 Å². The van der Waals surface area contributed by atoms with Gasteiger partial charge >= 0.3 is 20.8 Å². The van der Waals surface area contributed by atoms with E-state index in [4.69, 9.17) is 13.8 Å². The average molecular weight is 421 g/mol. The fourth-order valence-corrected chi connectivity index (χ4v) is 3.12. The number of hydrogen-bond acceptors (Lipinski definition) is 7. The van der Waals surface area contributed by atoms with Crippen molar-refractivity contribution in [2.75, 3.05) is 19.8 Å². The zero-order valence-electron chi connectivity index (χ0n) is 15.3. The molecule has 0 rings (SSSR count). The molecule has 26 heavy (non-hydrogen) atoms. The summed E-state index contributed by atoms with van der Waals surface area (Å²) in [5, 5.41) is 0. The van der Waals surface area contributed by atoms with Gasteiger partial charge in [-0.2, -0.15) is 16.8 Å². The maximum Gasteiger partial charge on any atom is 0.397 e. The molecule has 1 atom stereocenters. The van der Waals surface area contributed by atoms with E-state index in [-0.39, 0.29) is 6.61 Å². The highest BCUT2D eigenvalue weighted by atomic mass is 32.3. The zero-order chi connectivity index (χ0) is 19.9. The lowest BCUT2D eigenvalue weighted by atomic mass is 10.1. The van der Waals surface area contributed by atoms with Crippen molar-refractivity contribution < 1.29 is 39.0 Å². The molecule has 9 nitrogen and oxygen atoms in total. The molecule has 0 heterocycles. The predicted octanol–water partition coefficient (Wildman–Crippen LogP) is 2.93. The Morgan fingerprint density at radius 1 is 0.731 bits per heavy atom. The molecule has 0 aliphatic rings. The predicted molar refractivity (Wildman–Crippen MR) is 96.6 cm³/mol. The van der Waals surface area contributed by atoms with Crippen LogP contribution in [0.2, 0.25) is 0 Å². The van der Waals surface area contributed by atoms with Gasteiger partial charge in [-0.05, 0) is 6.42 Å². The summed E-state index contributed by atoms with van der Waals surface area (Å²) in [5.41, 5.74) is 0. The van der Waals surface area contributed by atoms with E-state index >= 15 is 0 Å². The van der Waals surface area contributed by atoms with E-state index in [1.165, 1.54) is 44.9 Å². The molecule has 158 valence electrons. The molecule has 11 heteroatoms.